The molecule has 4 aromatic rings. The van der Waals surface area contributed by atoms with E-state index in [1.54, 1.807) is 54.1 Å². The number of methoxy groups -OCH3 is 1. The van der Waals surface area contributed by atoms with Crippen LogP contribution in [0.2, 0.25) is 0 Å². The van der Waals surface area contributed by atoms with Gasteiger partial charge >= 0.3 is 0 Å². The number of carbonyl (C=O) groups is 1. The zero-order valence-corrected chi connectivity index (χ0v) is 17.4. The Morgan fingerprint density at radius 2 is 2.03 bits per heavy atom. The Morgan fingerprint density at radius 3 is 2.81 bits per heavy atom. The fourth-order valence-corrected chi connectivity index (χ4v) is 3.67. The molecule has 0 bridgehead atoms. The summed E-state index contributed by atoms with van der Waals surface area (Å²) < 4.78 is 30.2. The molecule has 0 saturated carbocycles. The van der Waals surface area contributed by atoms with Crippen molar-refractivity contribution in [3.05, 3.63) is 89.1 Å². The van der Waals surface area contributed by atoms with E-state index in [1.807, 2.05) is 6.07 Å². The number of rotatable bonds is 8. The molecule has 4 rings (SSSR count). The number of aromatic nitrogens is 1. The fourth-order valence-electron chi connectivity index (χ4n) is 2.87. The maximum absolute atomic E-state index is 13.8. The smallest absolute Gasteiger partial charge is 0.271 e. The Balaban J connectivity index is 1.45. The van der Waals surface area contributed by atoms with Crippen molar-refractivity contribution < 1.29 is 23.1 Å². The lowest BCUT2D eigenvalue weighted by molar-refractivity contribution is 0.0944. The van der Waals surface area contributed by atoms with Crippen LogP contribution in [0.5, 0.6) is 11.5 Å². The van der Waals surface area contributed by atoms with E-state index >= 15 is 0 Å². The first-order chi connectivity index (χ1) is 15.1. The van der Waals surface area contributed by atoms with Gasteiger partial charge in [-0.05, 0) is 36.4 Å². The summed E-state index contributed by atoms with van der Waals surface area (Å²) in [6.07, 6.45) is 1.56. The first-order valence-corrected chi connectivity index (χ1v) is 10.3. The van der Waals surface area contributed by atoms with E-state index in [0.29, 0.717) is 40.1 Å². The quantitative estimate of drug-likeness (QED) is 0.416. The highest BCUT2D eigenvalue weighted by Gasteiger charge is 2.14. The zero-order valence-electron chi connectivity index (χ0n) is 16.6. The number of hydrogen-bond acceptors (Lipinski definition) is 6. The molecule has 0 spiro atoms. The lowest BCUT2D eigenvalue weighted by atomic mass is 10.2. The van der Waals surface area contributed by atoms with Crippen molar-refractivity contribution in [2.24, 2.45) is 0 Å². The summed E-state index contributed by atoms with van der Waals surface area (Å²) >= 11 is 1.35. The number of thiazole rings is 1. The molecule has 0 aliphatic heterocycles. The lowest BCUT2D eigenvalue weighted by Crippen LogP contribution is -2.22. The van der Waals surface area contributed by atoms with Gasteiger partial charge in [0.25, 0.3) is 5.91 Å². The summed E-state index contributed by atoms with van der Waals surface area (Å²) in [6.45, 7) is 0.375. The minimum atomic E-state index is -0.321. The van der Waals surface area contributed by atoms with E-state index in [4.69, 9.17) is 13.9 Å². The van der Waals surface area contributed by atoms with E-state index in [1.165, 1.54) is 24.5 Å². The van der Waals surface area contributed by atoms with Crippen LogP contribution < -0.4 is 14.8 Å². The van der Waals surface area contributed by atoms with Crippen LogP contribution in [0.25, 0.3) is 10.6 Å². The van der Waals surface area contributed by atoms with Crippen LogP contribution in [0.1, 0.15) is 21.8 Å². The second kappa shape index (κ2) is 9.44. The number of nitrogens with zero attached hydrogens (tertiary/aromatic N) is 1. The van der Waals surface area contributed by atoms with E-state index in [2.05, 4.69) is 10.3 Å². The predicted octanol–water partition coefficient (Wildman–Crippen LogP) is 5.06. The minimum absolute atomic E-state index is 0.0830. The molecule has 31 heavy (non-hydrogen) atoms. The molecule has 0 unspecified atom stereocenters. The second-order valence-corrected chi connectivity index (χ2v) is 7.40. The second-order valence-electron chi connectivity index (χ2n) is 6.55. The summed E-state index contributed by atoms with van der Waals surface area (Å²) in [6, 6.07) is 15.3. The van der Waals surface area contributed by atoms with Crippen LogP contribution >= 0.6 is 11.3 Å². The number of benzene rings is 2. The topological polar surface area (TPSA) is 73.6 Å². The Hall–Kier alpha value is -3.65. The Bertz CT molecular complexity index is 1170. The summed E-state index contributed by atoms with van der Waals surface area (Å²) in [5.41, 5.74) is 1.56. The molecule has 0 atom stereocenters. The van der Waals surface area contributed by atoms with Gasteiger partial charge in [0, 0.05) is 16.5 Å². The molecule has 8 heteroatoms. The van der Waals surface area contributed by atoms with Crippen molar-refractivity contribution in [1.82, 2.24) is 10.3 Å². The molecular weight excluding hydrogens is 419 g/mol. The molecule has 2 heterocycles. The van der Waals surface area contributed by atoms with Gasteiger partial charge in [-0.2, -0.15) is 0 Å². The van der Waals surface area contributed by atoms with Crippen molar-refractivity contribution in [3.63, 3.8) is 0 Å². The molecule has 0 saturated heterocycles. The maximum atomic E-state index is 13.8. The number of carbonyl (C=O) groups excluding carboxylic acids is 1. The first kappa shape index (κ1) is 20.6. The summed E-state index contributed by atoms with van der Waals surface area (Å²) in [4.78, 5) is 16.7. The molecule has 158 valence electrons. The SMILES string of the molecule is COc1cc(-c2nc(C(=O)NCc3ccco3)cs2)ccc1OCc1ccccc1F. The Kier molecular flexibility index (Phi) is 6.28. The monoisotopic (exact) mass is 438 g/mol. The van der Waals surface area contributed by atoms with E-state index in [-0.39, 0.29) is 18.3 Å². The maximum Gasteiger partial charge on any atom is 0.271 e. The average molecular weight is 438 g/mol. The molecular formula is C23H19FN2O4S. The Morgan fingerprint density at radius 1 is 1.16 bits per heavy atom. The van der Waals surface area contributed by atoms with Gasteiger partial charge in [0.2, 0.25) is 0 Å². The highest BCUT2D eigenvalue weighted by molar-refractivity contribution is 7.13. The molecule has 0 aliphatic rings. The van der Waals surface area contributed by atoms with Gasteiger partial charge in [-0.1, -0.05) is 18.2 Å². The summed E-state index contributed by atoms with van der Waals surface area (Å²) in [5.74, 6) is 1.05. The van der Waals surface area contributed by atoms with Gasteiger partial charge in [-0.25, -0.2) is 9.37 Å². The third-order valence-electron chi connectivity index (χ3n) is 4.49. The van der Waals surface area contributed by atoms with Crippen molar-refractivity contribution in [2.45, 2.75) is 13.2 Å². The number of ether oxygens (including phenoxy) is 2. The molecule has 1 N–H and O–H groups in total. The van der Waals surface area contributed by atoms with Crippen molar-refractivity contribution >= 4 is 17.2 Å². The number of furan rings is 1. The van der Waals surface area contributed by atoms with Gasteiger partial charge in [-0.3, -0.25) is 4.79 Å². The van der Waals surface area contributed by atoms with E-state index in [9.17, 15) is 9.18 Å². The van der Waals surface area contributed by atoms with Gasteiger partial charge in [-0.15, -0.1) is 11.3 Å². The van der Waals surface area contributed by atoms with Crippen LogP contribution in [-0.4, -0.2) is 18.0 Å². The summed E-state index contributed by atoms with van der Waals surface area (Å²) in [5, 5.41) is 5.14. The fraction of sp³-hybridized carbons (Fsp3) is 0.130. The van der Waals surface area contributed by atoms with E-state index in [0.717, 1.165) is 5.56 Å². The van der Waals surface area contributed by atoms with Crippen molar-refractivity contribution in [2.75, 3.05) is 7.11 Å². The van der Waals surface area contributed by atoms with Gasteiger partial charge in [0.15, 0.2) is 11.5 Å². The number of amides is 1. The number of halogens is 1. The van der Waals surface area contributed by atoms with Crippen LogP contribution in [0.3, 0.4) is 0 Å². The van der Waals surface area contributed by atoms with Crippen molar-refractivity contribution in [3.8, 4) is 22.1 Å². The minimum Gasteiger partial charge on any atom is -0.493 e. The van der Waals surface area contributed by atoms with Crippen LogP contribution in [0.4, 0.5) is 4.39 Å². The molecule has 0 fully saturated rings. The largest absolute Gasteiger partial charge is 0.493 e. The molecule has 0 radical (unpaired) electrons. The van der Waals surface area contributed by atoms with Crippen LogP contribution in [-0.2, 0) is 13.2 Å². The van der Waals surface area contributed by atoms with Gasteiger partial charge in [0.05, 0.1) is 19.9 Å². The molecule has 2 aromatic carbocycles. The predicted molar refractivity (Wildman–Crippen MR) is 115 cm³/mol. The third-order valence-corrected chi connectivity index (χ3v) is 5.38. The van der Waals surface area contributed by atoms with Crippen molar-refractivity contribution in [1.29, 1.82) is 0 Å². The molecule has 6 nitrogen and oxygen atoms in total. The molecule has 2 aromatic heterocycles. The highest BCUT2D eigenvalue weighted by Crippen LogP contribution is 2.34. The van der Waals surface area contributed by atoms with E-state index < -0.39 is 0 Å². The zero-order chi connectivity index (χ0) is 21.6. The van der Waals surface area contributed by atoms with Gasteiger partial charge < -0.3 is 19.2 Å². The normalized spacial score (nSPS) is 10.6. The first-order valence-electron chi connectivity index (χ1n) is 9.45. The van der Waals surface area contributed by atoms with Crippen LogP contribution in [0.15, 0.2) is 70.7 Å². The molecule has 0 aliphatic carbocycles. The average Bonchev–Trinajstić information content (AvgIpc) is 3.49. The van der Waals surface area contributed by atoms with Crippen LogP contribution in [0, 0.1) is 5.82 Å². The lowest BCUT2D eigenvalue weighted by Gasteiger charge is -2.12. The Labute approximate surface area is 182 Å². The standard InChI is InChI=1S/C23H19FN2O4S/c1-28-21-11-15(8-9-20(21)30-13-16-5-2-3-7-18(16)24)23-26-19(14-31-23)22(27)25-12-17-6-4-10-29-17/h2-11,14H,12-13H2,1H3,(H,25,27). The number of nitrogens with one attached hydrogen (secondary N) is 1. The van der Waals surface area contributed by atoms with Gasteiger partial charge in [0.1, 0.15) is 28.9 Å². The summed E-state index contributed by atoms with van der Waals surface area (Å²) in [7, 11) is 1.53. The number of hydrogen-bond donors (Lipinski definition) is 1. The highest BCUT2D eigenvalue weighted by atomic mass is 32.1. The third kappa shape index (κ3) is 4.92. The molecule has 1 amide bonds.